The number of piperidine rings is 1. The highest BCUT2D eigenvalue weighted by atomic mass is 32.2. The van der Waals surface area contributed by atoms with Crippen LogP contribution in [0.3, 0.4) is 0 Å². The van der Waals surface area contributed by atoms with Gasteiger partial charge in [0.15, 0.2) is 0 Å². The molecule has 1 heterocycles. The van der Waals surface area contributed by atoms with Crippen LogP contribution in [0.2, 0.25) is 0 Å². The fourth-order valence-electron chi connectivity index (χ4n) is 4.37. The molecule has 2 unspecified atom stereocenters. The van der Waals surface area contributed by atoms with Crippen molar-refractivity contribution in [3.8, 4) is 5.75 Å². The van der Waals surface area contributed by atoms with Gasteiger partial charge in [-0.05, 0) is 68.2 Å². The Balaban J connectivity index is 1.93. The van der Waals surface area contributed by atoms with Gasteiger partial charge in [-0.3, -0.25) is 0 Å². The highest BCUT2D eigenvalue weighted by molar-refractivity contribution is 7.88. The molecule has 1 aromatic rings. The lowest BCUT2D eigenvalue weighted by molar-refractivity contribution is -0.0500. The number of likely N-dealkylation sites (tertiary alicyclic amines) is 1. The van der Waals surface area contributed by atoms with E-state index in [0.29, 0.717) is 19.4 Å². The number of alkyl halides is 3. The maximum atomic E-state index is 12.7. The van der Waals surface area contributed by atoms with Crippen molar-refractivity contribution in [2.45, 2.75) is 70.0 Å². The molecule has 3 atom stereocenters. The van der Waals surface area contributed by atoms with E-state index in [0.717, 1.165) is 11.1 Å². The molecule has 1 amide bonds. The van der Waals surface area contributed by atoms with Crippen molar-refractivity contribution in [1.82, 2.24) is 4.90 Å². The van der Waals surface area contributed by atoms with Gasteiger partial charge in [-0.2, -0.15) is 21.6 Å². The molecule has 0 N–H and O–H groups in total. The molecule has 0 radical (unpaired) electrons. The van der Waals surface area contributed by atoms with E-state index in [1.165, 1.54) is 12.1 Å². The minimum atomic E-state index is -5.74. The summed E-state index contributed by atoms with van der Waals surface area (Å²) < 4.78 is 70.6. The molecule has 6 nitrogen and oxygen atoms in total. The summed E-state index contributed by atoms with van der Waals surface area (Å²) in [4.78, 5) is 14.4. The summed E-state index contributed by atoms with van der Waals surface area (Å²) in [5, 5.41) is 0. The number of hydrogen-bond donors (Lipinski definition) is 0. The molecule has 168 valence electrons. The zero-order chi connectivity index (χ0) is 22.7. The number of hydrogen-bond acceptors (Lipinski definition) is 5. The molecule has 0 spiro atoms. The Morgan fingerprint density at radius 3 is 2.43 bits per heavy atom. The van der Waals surface area contributed by atoms with Crippen molar-refractivity contribution in [3.63, 3.8) is 0 Å². The molecule has 1 saturated heterocycles. The maximum absolute atomic E-state index is 12.7. The first-order chi connectivity index (χ1) is 13.6. The zero-order valence-corrected chi connectivity index (χ0v) is 18.4. The van der Waals surface area contributed by atoms with Crippen LogP contribution < -0.4 is 4.18 Å². The molecule has 1 aliphatic carbocycles. The van der Waals surface area contributed by atoms with E-state index in [2.05, 4.69) is 4.18 Å². The van der Waals surface area contributed by atoms with Crippen molar-refractivity contribution in [1.29, 1.82) is 0 Å². The number of amides is 1. The van der Waals surface area contributed by atoms with Gasteiger partial charge in [0.05, 0.1) is 0 Å². The Labute approximate surface area is 174 Å². The number of ether oxygens (including phenoxy) is 1. The van der Waals surface area contributed by atoms with E-state index >= 15 is 0 Å². The number of carbonyl (C=O) groups is 1. The summed E-state index contributed by atoms with van der Waals surface area (Å²) in [7, 11) is -5.74. The molecule has 1 fully saturated rings. The molecule has 0 saturated carbocycles. The molecule has 1 aromatic carbocycles. The molecule has 2 aliphatic rings. The summed E-state index contributed by atoms with van der Waals surface area (Å²) in [6.45, 7) is 9.81. The Morgan fingerprint density at radius 1 is 1.23 bits per heavy atom. The monoisotopic (exact) mass is 449 g/mol. The third-order valence-corrected chi connectivity index (χ3v) is 7.08. The molecule has 3 rings (SSSR count). The van der Waals surface area contributed by atoms with Gasteiger partial charge in [0.25, 0.3) is 0 Å². The van der Waals surface area contributed by atoms with E-state index in [-0.39, 0.29) is 23.8 Å². The van der Waals surface area contributed by atoms with Crippen molar-refractivity contribution < 1.29 is 35.3 Å². The molecular formula is C20H26F3NO5S. The van der Waals surface area contributed by atoms with Crippen molar-refractivity contribution in [3.05, 3.63) is 29.3 Å². The second-order valence-corrected chi connectivity index (χ2v) is 10.7. The third kappa shape index (κ3) is 3.98. The first-order valence-corrected chi connectivity index (χ1v) is 11.1. The van der Waals surface area contributed by atoms with Crippen molar-refractivity contribution >= 4 is 16.2 Å². The summed E-state index contributed by atoms with van der Waals surface area (Å²) >= 11 is 0. The van der Waals surface area contributed by atoms with E-state index in [9.17, 15) is 26.4 Å². The highest BCUT2D eigenvalue weighted by Gasteiger charge is 2.51. The number of benzene rings is 1. The van der Waals surface area contributed by atoms with Gasteiger partial charge in [-0.15, -0.1) is 0 Å². The average molecular weight is 449 g/mol. The standard InChI is InChI=1S/C20H26F3NO5S/c1-12-16-10-13-6-7-14(29-30(26,27)20(21,22)23)11-15(13)19(12,5)8-9-24(16)17(25)28-18(2,3)4/h6-7,11-12,16H,8-10H2,1-5H3/t12?,16-,19?/m1/s1. The molecule has 0 aromatic heterocycles. The first-order valence-electron chi connectivity index (χ1n) is 9.69. The number of fused-ring (bicyclic) bond motifs is 4. The Hall–Kier alpha value is -1.97. The predicted octanol–water partition coefficient (Wildman–Crippen LogP) is 4.37. The summed E-state index contributed by atoms with van der Waals surface area (Å²) in [6, 6.07) is 4.05. The van der Waals surface area contributed by atoms with E-state index in [1.807, 2.05) is 13.8 Å². The minimum absolute atomic E-state index is 0.0132. The van der Waals surface area contributed by atoms with E-state index < -0.39 is 26.6 Å². The van der Waals surface area contributed by atoms with Gasteiger partial charge >= 0.3 is 21.7 Å². The van der Waals surface area contributed by atoms with Gasteiger partial charge < -0.3 is 13.8 Å². The SMILES string of the molecule is CC1[C@H]2Cc3ccc(OS(=O)(=O)C(F)(F)F)cc3C1(C)CCN2C(=O)OC(C)(C)C. The summed E-state index contributed by atoms with van der Waals surface area (Å²) in [5.41, 5.74) is -4.96. The van der Waals surface area contributed by atoms with Crippen LogP contribution >= 0.6 is 0 Å². The van der Waals surface area contributed by atoms with Gasteiger partial charge in [-0.25, -0.2) is 4.79 Å². The number of nitrogens with zero attached hydrogens (tertiary/aromatic N) is 1. The summed E-state index contributed by atoms with van der Waals surface area (Å²) in [6.07, 6.45) is 0.672. The maximum Gasteiger partial charge on any atom is 0.534 e. The lowest BCUT2D eigenvalue weighted by Gasteiger charge is -2.54. The van der Waals surface area contributed by atoms with Crippen LogP contribution in [0.4, 0.5) is 18.0 Å². The van der Waals surface area contributed by atoms with Crippen molar-refractivity contribution in [2.75, 3.05) is 6.54 Å². The molecule has 10 heteroatoms. The Morgan fingerprint density at radius 2 is 1.87 bits per heavy atom. The first kappa shape index (κ1) is 22.7. The van der Waals surface area contributed by atoms with Crippen LogP contribution in [0.1, 0.15) is 52.2 Å². The van der Waals surface area contributed by atoms with Crippen LogP contribution in [0.15, 0.2) is 18.2 Å². The number of carbonyl (C=O) groups excluding carboxylic acids is 1. The normalized spacial score (nSPS) is 26.7. The Kier molecular flexibility index (Phi) is 5.32. The van der Waals surface area contributed by atoms with E-state index in [1.54, 1.807) is 31.7 Å². The van der Waals surface area contributed by atoms with Gasteiger partial charge in [0, 0.05) is 12.6 Å². The van der Waals surface area contributed by atoms with Crippen LogP contribution in [-0.2, 0) is 26.7 Å². The predicted molar refractivity (Wildman–Crippen MR) is 104 cm³/mol. The van der Waals surface area contributed by atoms with Crippen LogP contribution in [0.25, 0.3) is 0 Å². The number of rotatable bonds is 2. The van der Waals surface area contributed by atoms with Gasteiger partial charge in [-0.1, -0.05) is 19.9 Å². The minimum Gasteiger partial charge on any atom is -0.444 e. The lowest BCUT2D eigenvalue weighted by atomic mass is 9.59. The van der Waals surface area contributed by atoms with Crippen LogP contribution in [0, 0.1) is 5.92 Å². The largest absolute Gasteiger partial charge is 0.534 e. The molecule has 30 heavy (non-hydrogen) atoms. The van der Waals surface area contributed by atoms with E-state index in [4.69, 9.17) is 4.74 Å². The lowest BCUT2D eigenvalue weighted by Crippen LogP contribution is -2.60. The smallest absolute Gasteiger partial charge is 0.444 e. The Bertz CT molecular complexity index is 954. The second kappa shape index (κ2) is 7.03. The van der Waals surface area contributed by atoms with Crippen LogP contribution in [-0.4, -0.2) is 43.1 Å². The summed E-state index contributed by atoms with van der Waals surface area (Å²) in [5.74, 6) is -0.381. The average Bonchev–Trinajstić information content (AvgIpc) is 2.55. The molecule has 2 bridgehead atoms. The third-order valence-electron chi connectivity index (χ3n) is 6.10. The van der Waals surface area contributed by atoms with Crippen LogP contribution in [0.5, 0.6) is 5.75 Å². The fraction of sp³-hybridized carbons (Fsp3) is 0.650. The molecular weight excluding hydrogens is 423 g/mol. The second-order valence-electron chi connectivity index (χ2n) is 9.20. The zero-order valence-electron chi connectivity index (χ0n) is 17.5. The fourth-order valence-corrected chi connectivity index (χ4v) is 4.82. The molecule has 1 aliphatic heterocycles. The van der Waals surface area contributed by atoms with Gasteiger partial charge in [0.1, 0.15) is 11.4 Å². The van der Waals surface area contributed by atoms with Crippen molar-refractivity contribution in [2.24, 2.45) is 5.92 Å². The quantitative estimate of drug-likeness (QED) is 0.495. The highest BCUT2D eigenvalue weighted by Crippen LogP contribution is 2.49. The number of halogens is 3. The topological polar surface area (TPSA) is 72.9 Å². The van der Waals surface area contributed by atoms with Gasteiger partial charge in [0.2, 0.25) is 0 Å².